The van der Waals surface area contributed by atoms with Crippen molar-refractivity contribution in [3.63, 3.8) is 0 Å². The highest BCUT2D eigenvalue weighted by atomic mass is 16.5. The zero-order valence-corrected chi connectivity index (χ0v) is 12.5. The molecule has 1 aromatic rings. The Morgan fingerprint density at radius 3 is 2.58 bits per heavy atom. The third-order valence-corrected chi connectivity index (χ3v) is 2.61. The van der Waals surface area contributed by atoms with Gasteiger partial charge in [0.1, 0.15) is 17.5 Å². The molecule has 0 fully saturated rings. The van der Waals surface area contributed by atoms with Crippen LogP contribution in [-0.2, 0) is 11.2 Å². The van der Waals surface area contributed by atoms with Gasteiger partial charge in [-0.1, -0.05) is 13.8 Å². The molecule has 5 nitrogen and oxygen atoms in total. The number of aromatic nitrogens is 2. The van der Waals surface area contributed by atoms with Crippen molar-refractivity contribution < 1.29 is 4.74 Å². The van der Waals surface area contributed by atoms with Crippen LogP contribution in [0.25, 0.3) is 0 Å². The molecule has 1 atom stereocenters. The van der Waals surface area contributed by atoms with E-state index in [0.717, 1.165) is 43.5 Å². The molecule has 19 heavy (non-hydrogen) atoms. The summed E-state index contributed by atoms with van der Waals surface area (Å²) in [5, 5.41) is 6.66. The van der Waals surface area contributed by atoms with Gasteiger partial charge in [0.15, 0.2) is 0 Å². The molecular formula is C14H26N4O. The van der Waals surface area contributed by atoms with Crippen molar-refractivity contribution in [3.8, 4) is 0 Å². The average Bonchev–Trinajstić information content (AvgIpc) is 2.42. The zero-order chi connectivity index (χ0) is 14.1. The molecule has 0 aliphatic heterocycles. The maximum Gasteiger partial charge on any atom is 0.132 e. The molecule has 108 valence electrons. The molecule has 0 spiro atoms. The predicted octanol–water partition coefficient (Wildman–Crippen LogP) is 2.70. The number of hydrogen-bond donors (Lipinski definition) is 2. The predicted molar refractivity (Wildman–Crippen MR) is 79.8 cm³/mol. The summed E-state index contributed by atoms with van der Waals surface area (Å²) in [6.07, 6.45) is 1.91. The summed E-state index contributed by atoms with van der Waals surface area (Å²) in [5.74, 6) is 2.60. The summed E-state index contributed by atoms with van der Waals surface area (Å²) in [6.45, 7) is 10.6. The molecule has 0 aliphatic carbocycles. The van der Waals surface area contributed by atoms with Crippen LogP contribution in [-0.4, -0.2) is 35.8 Å². The van der Waals surface area contributed by atoms with Crippen molar-refractivity contribution in [1.82, 2.24) is 9.97 Å². The van der Waals surface area contributed by atoms with Crippen LogP contribution >= 0.6 is 0 Å². The number of ether oxygens (including phenoxy) is 1. The van der Waals surface area contributed by atoms with E-state index in [0.29, 0.717) is 6.61 Å². The summed E-state index contributed by atoms with van der Waals surface area (Å²) in [4.78, 5) is 8.96. The van der Waals surface area contributed by atoms with Gasteiger partial charge in [-0.2, -0.15) is 0 Å². The van der Waals surface area contributed by atoms with Crippen molar-refractivity contribution in [2.45, 2.75) is 46.6 Å². The lowest BCUT2D eigenvalue weighted by Gasteiger charge is -2.16. The van der Waals surface area contributed by atoms with Gasteiger partial charge in [0.25, 0.3) is 0 Å². The molecule has 0 aliphatic rings. The minimum atomic E-state index is 0.235. The molecule has 1 unspecified atom stereocenters. The fourth-order valence-corrected chi connectivity index (χ4v) is 1.66. The minimum Gasteiger partial charge on any atom is -0.380 e. The molecular weight excluding hydrogens is 240 g/mol. The molecule has 0 saturated carbocycles. The second-order valence-electron chi connectivity index (χ2n) is 4.54. The van der Waals surface area contributed by atoms with Crippen LogP contribution in [0, 0.1) is 0 Å². The average molecular weight is 266 g/mol. The number of nitrogens with one attached hydrogen (secondary N) is 2. The van der Waals surface area contributed by atoms with Crippen LogP contribution < -0.4 is 10.6 Å². The van der Waals surface area contributed by atoms with Gasteiger partial charge in [-0.15, -0.1) is 0 Å². The molecule has 2 N–H and O–H groups in total. The molecule has 1 rings (SSSR count). The summed E-state index contributed by atoms with van der Waals surface area (Å²) < 4.78 is 5.40. The number of nitrogens with zero attached hydrogens (tertiary/aromatic N) is 2. The fourth-order valence-electron chi connectivity index (χ4n) is 1.66. The molecule has 0 radical (unpaired) electrons. The summed E-state index contributed by atoms with van der Waals surface area (Å²) in [6, 6.07) is 2.19. The van der Waals surface area contributed by atoms with Crippen molar-refractivity contribution in [2.24, 2.45) is 0 Å². The Bertz CT molecular complexity index is 370. The number of aryl methyl sites for hydroxylation is 1. The first-order chi connectivity index (χ1) is 9.19. The van der Waals surface area contributed by atoms with E-state index in [1.165, 1.54) is 0 Å². The first-order valence-corrected chi connectivity index (χ1v) is 7.15. The second kappa shape index (κ2) is 8.69. The van der Waals surface area contributed by atoms with Crippen LogP contribution in [0.3, 0.4) is 0 Å². The van der Waals surface area contributed by atoms with Gasteiger partial charge < -0.3 is 15.4 Å². The quantitative estimate of drug-likeness (QED) is 0.719. The lowest BCUT2D eigenvalue weighted by atomic mass is 10.3. The summed E-state index contributed by atoms with van der Waals surface area (Å²) >= 11 is 0. The summed E-state index contributed by atoms with van der Waals surface area (Å²) in [5.41, 5.74) is 0. The number of rotatable bonds is 9. The SMILES string of the molecule is CCCNc1cc(NC(C)COCC)nc(CC)n1. The minimum absolute atomic E-state index is 0.235. The Labute approximate surface area is 116 Å². The van der Waals surface area contributed by atoms with Crippen LogP contribution in [0.5, 0.6) is 0 Å². The Morgan fingerprint density at radius 2 is 1.95 bits per heavy atom. The lowest BCUT2D eigenvalue weighted by molar-refractivity contribution is 0.141. The maximum atomic E-state index is 5.40. The molecule has 5 heteroatoms. The van der Waals surface area contributed by atoms with Gasteiger partial charge in [-0.25, -0.2) is 9.97 Å². The normalized spacial score (nSPS) is 12.2. The van der Waals surface area contributed by atoms with Crippen molar-refractivity contribution in [1.29, 1.82) is 0 Å². The van der Waals surface area contributed by atoms with Crippen LogP contribution in [0.15, 0.2) is 6.07 Å². The van der Waals surface area contributed by atoms with Crippen LogP contribution in [0.2, 0.25) is 0 Å². The molecule has 0 amide bonds. The smallest absolute Gasteiger partial charge is 0.132 e. The molecule has 1 aromatic heterocycles. The number of anilines is 2. The molecule has 0 aromatic carbocycles. The lowest BCUT2D eigenvalue weighted by Crippen LogP contribution is -2.23. The molecule has 1 heterocycles. The Kier molecular flexibility index (Phi) is 7.18. The van der Waals surface area contributed by atoms with E-state index in [9.17, 15) is 0 Å². The Morgan fingerprint density at radius 1 is 1.21 bits per heavy atom. The molecule has 0 bridgehead atoms. The van der Waals surface area contributed by atoms with Gasteiger partial charge in [0.05, 0.1) is 6.61 Å². The van der Waals surface area contributed by atoms with Crippen LogP contribution in [0.4, 0.5) is 11.6 Å². The highest BCUT2D eigenvalue weighted by Gasteiger charge is 2.06. The van der Waals surface area contributed by atoms with Gasteiger partial charge >= 0.3 is 0 Å². The van der Waals surface area contributed by atoms with Gasteiger partial charge in [0, 0.05) is 31.7 Å². The maximum absolute atomic E-state index is 5.40. The van der Waals surface area contributed by atoms with Gasteiger partial charge in [-0.3, -0.25) is 0 Å². The van der Waals surface area contributed by atoms with E-state index in [1.807, 2.05) is 13.0 Å². The Balaban J connectivity index is 2.69. The zero-order valence-electron chi connectivity index (χ0n) is 12.5. The van der Waals surface area contributed by atoms with E-state index in [2.05, 4.69) is 41.4 Å². The highest BCUT2D eigenvalue weighted by Crippen LogP contribution is 2.13. The monoisotopic (exact) mass is 266 g/mol. The van der Waals surface area contributed by atoms with Gasteiger partial charge in [0.2, 0.25) is 0 Å². The van der Waals surface area contributed by atoms with E-state index >= 15 is 0 Å². The largest absolute Gasteiger partial charge is 0.380 e. The van der Waals surface area contributed by atoms with Crippen molar-refractivity contribution in [2.75, 3.05) is 30.4 Å². The summed E-state index contributed by atoms with van der Waals surface area (Å²) in [7, 11) is 0. The van der Waals surface area contributed by atoms with E-state index in [-0.39, 0.29) is 6.04 Å². The fraction of sp³-hybridized carbons (Fsp3) is 0.714. The van der Waals surface area contributed by atoms with Crippen molar-refractivity contribution in [3.05, 3.63) is 11.9 Å². The highest BCUT2D eigenvalue weighted by molar-refractivity contribution is 5.48. The number of hydrogen-bond acceptors (Lipinski definition) is 5. The topological polar surface area (TPSA) is 59.1 Å². The third kappa shape index (κ3) is 5.87. The second-order valence-corrected chi connectivity index (χ2v) is 4.54. The first kappa shape index (κ1) is 15.7. The third-order valence-electron chi connectivity index (χ3n) is 2.61. The van der Waals surface area contributed by atoms with Crippen molar-refractivity contribution >= 4 is 11.6 Å². The first-order valence-electron chi connectivity index (χ1n) is 7.15. The van der Waals surface area contributed by atoms with E-state index in [4.69, 9.17) is 4.74 Å². The molecule has 0 saturated heterocycles. The van der Waals surface area contributed by atoms with E-state index < -0.39 is 0 Å². The Hall–Kier alpha value is -1.36. The standard InChI is InChI=1S/C14H26N4O/c1-5-8-15-13-9-14(18-12(6-2)17-13)16-11(4)10-19-7-3/h9,11H,5-8,10H2,1-4H3,(H2,15,16,17,18). The van der Waals surface area contributed by atoms with Crippen LogP contribution in [0.1, 0.15) is 39.9 Å². The van der Waals surface area contributed by atoms with Gasteiger partial charge in [-0.05, 0) is 20.3 Å². The van der Waals surface area contributed by atoms with E-state index in [1.54, 1.807) is 0 Å².